The van der Waals surface area contributed by atoms with Gasteiger partial charge in [-0.1, -0.05) is 6.07 Å². The molecule has 2 heterocycles. The number of ether oxygens (including phenoxy) is 2. The van der Waals surface area contributed by atoms with E-state index in [2.05, 4.69) is 15.6 Å². The number of rotatable bonds is 9. The van der Waals surface area contributed by atoms with Crippen molar-refractivity contribution in [1.82, 2.24) is 10.3 Å². The molecule has 8 heteroatoms. The number of hydrogen-bond acceptors (Lipinski definition) is 8. The number of nitrogens with one attached hydrogen (secondary N) is 3. The summed E-state index contributed by atoms with van der Waals surface area (Å²) in [6, 6.07) is 9.13. The second kappa shape index (κ2) is 9.67. The summed E-state index contributed by atoms with van der Waals surface area (Å²) in [7, 11) is 1.46. The van der Waals surface area contributed by atoms with E-state index < -0.39 is 0 Å². The van der Waals surface area contributed by atoms with Crippen LogP contribution >= 0.6 is 0 Å². The Hall–Kier alpha value is -3.70. The van der Waals surface area contributed by atoms with Crippen LogP contribution in [0.1, 0.15) is 32.6 Å². The van der Waals surface area contributed by atoms with Gasteiger partial charge >= 0.3 is 5.97 Å². The molecule has 154 valence electrons. The molecule has 1 aliphatic rings. The molecule has 30 heavy (non-hydrogen) atoms. The van der Waals surface area contributed by atoms with Crippen LogP contribution in [0.15, 0.2) is 36.0 Å². The predicted octanol–water partition coefficient (Wildman–Crippen LogP) is 2.72. The van der Waals surface area contributed by atoms with Crippen LogP contribution in [0.5, 0.6) is 5.88 Å². The van der Waals surface area contributed by atoms with Gasteiger partial charge in [0.25, 0.3) is 0 Å². The highest BCUT2D eigenvalue weighted by molar-refractivity contribution is 5.93. The van der Waals surface area contributed by atoms with E-state index in [9.17, 15) is 4.79 Å². The summed E-state index contributed by atoms with van der Waals surface area (Å²) in [5, 5.41) is 23.0. The molecule has 0 saturated carbocycles. The number of methoxy groups -OCH3 is 1. The highest BCUT2D eigenvalue weighted by Crippen LogP contribution is 2.26. The average Bonchev–Trinajstić information content (AvgIpc) is 3.15. The number of anilines is 1. The first-order valence-electron chi connectivity index (χ1n) is 9.47. The molecular weight excluding hydrogens is 382 g/mol. The summed E-state index contributed by atoms with van der Waals surface area (Å²) in [4.78, 5) is 15.9. The highest BCUT2D eigenvalue weighted by atomic mass is 16.5. The fraction of sp³-hybridized carbons (Fsp3) is 0.273. The first-order valence-corrected chi connectivity index (χ1v) is 9.47. The number of pyridine rings is 1. The third kappa shape index (κ3) is 4.64. The SMILES string of the molecule is COc1nc(N/C=C(\C=N)CNCCc2ccc3c(c2C)COC3=O)ccc1C#N. The third-order valence-electron chi connectivity index (χ3n) is 4.94. The van der Waals surface area contributed by atoms with Crippen LogP contribution in [0.3, 0.4) is 0 Å². The van der Waals surface area contributed by atoms with Crippen molar-refractivity contribution in [2.75, 3.05) is 25.5 Å². The van der Waals surface area contributed by atoms with Crippen molar-refractivity contribution >= 4 is 18.0 Å². The van der Waals surface area contributed by atoms with Gasteiger partial charge in [0, 0.05) is 24.5 Å². The number of nitrogens with zero attached hydrogens (tertiary/aromatic N) is 2. The molecule has 0 radical (unpaired) electrons. The highest BCUT2D eigenvalue weighted by Gasteiger charge is 2.23. The minimum absolute atomic E-state index is 0.250. The number of aromatic nitrogens is 1. The van der Waals surface area contributed by atoms with Crippen molar-refractivity contribution in [1.29, 1.82) is 10.7 Å². The Morgan fingerprint density at radius 1 is 1.40 bits per heavy atom. The number of carbonyl (C=O) groups is 1. The number of benzene rings is 1. The van der Waals surface area contributed by atoms with Gasteiger partial charge in [0.05, 0.1) is 12.7 Å². The number of esters is 1. The Labute approximate surface area is 175 Å². The number of carbonyl (C=O) groups excluding carboxylic acids is 1. The van der Waals surface area contributed by atoms with Gasteiger partial charge in [-0.15, -0.1) is 0 Å². The van der Waals surface area contributed by atoms with Crippen LogP contribution in [0.25, 0.3) is 0 Å². The van der Waals surface area contributed by atoms with Gasteiger partial charge in [-0.3, -0.25) is 0 Å². The Bertz CT molecular complexity index is 1040. The molecule has 1 aliphatic heterocycles. The first kappa shape index (κ1) is 21.0. The molecule has 3 N–H and O–H groups in total. The van der Waals surface area contributed by atoms with E-state index in [1.54, 1.807) is 18.3 Å². The molecule has 0 amide bonds. The van der Waals surface area contributed by atoms with Crippen molar-refractivity contribution in [3.63, 3.8) is 0 Å². The monoisotopic (exact) mass is 405 g/mol. The van der Waals surface area contributed by atoms with Crippen LogP contribution in [0.4, 0.5) is 5.82 Å². The van der Waals surface area contributed by atoms with Crippen molar-refractivity contribution < 1.29 is 14.3 Å². The second-order valence-electron chi connectivity index (χ2n) is 6.75. The van der Waals surface area contributed by atoms with Gasteiger partial charge < -0.3 is 25.5 Å². The van der Waals surface area contributed by atoms with Crippen LogP contribution in [-0.4, -0.2) is 37.4 Å². The molecule has 2 aromatic rings. The van der Waals surface area contributed by atoms with E-state index >= 15 is 0 Å². The lowest BCUT2D eigenvalue weighted by molar-refractivity contribution is 0.0535. The zero-order chi connectivity index (χ0) is 21.5. The maximum atomic E-state index is 11.6. The first-order chi connectivity index (χ1) is 14.6. The van der Waals surface area contributed by atoms with Crippen LogP contribution in [0.2, 0.25) is 0 Å². The largest absolute Gasteiger partial charge is 0.480 e. The number of hydrogen-bond donors (Lipinski definition) is 3. The fourth-order valence-electron chi connectivity index (χ4n) is 3.20. The predicted molar refractivity (Wildman–Crippen MR) is 113 cm³/mol. The van der Waals surface area contributed by atoms with Gasteiger partial charge in [0.15, 0.2) is 0 Å². The number of fused-ring (bicyclic) bond motifs is 1. The Kier molecular flexibility index (Phi) is 6.78. The summed E-state index contributed by atoms with van der Waals surface area (Å²) < 4.78 is 10.2. The maximum absolute atomic E-state index is 11.6. The minimum Gasteiger partial charge on any atom is -0.480 e. The molecule has 0 aliphatic carbocycles. The van der Waals surface area contributed by atoms with E-state index in [4.69, 9.17) is 20.1 Å². The van der Waals surface area contributed by atoms with E-state index in [1.807, 2.05) is 25.1 Å². The molecule has 1 aromatic heterocycles. The maximum Gasteiger partial charge on any atom is 0.338 e. The smallest absolute Gasteiger partial charge is 0.338 e. The lowest BCUT2D eigenvalue weighted by Gasteiger charge is -2.10. The summed E-state index contributed by atoms with van der Waals surface area (Å²) in [6.45, 7) is 3.60. The quantitative estimate of drug-likeness (QED) is 0.333. The van der Waals surface area contributed by atoms with Crippen molar-refractivity contribution in [2.45, 2.75) is 20.0 Å². The van der Waals surface area contributed by atoms with Crippen LogP contribution < -0.4 is 15.4 Å². The molecule has 0 saturated heterocycles. The van der Waals surface area contributed by atoms with Gasteiger partial charge in [-0.25, -0.2) is 4.79 Å². The van der Waals surface area contributed by atoms with Crippen LogP contribution in [0, 0.1) is 23.7 Å². The summed E-state index contributed by atoms with van der Waals surface area (Å²) in [6.07, 6.45) is 3.77. The second-order valence-corrected chi connectivity index (χ2v) is 6.75. The molecule has 0 bridgehead atoms. The Balaban J connectivity index is 1.53. The molecule has 0 spiro atoms. The van der Waals surface area contributed by atoms with Crippen molar-refractivity contribution in [3.05, 3.63) is 63.9 Å². The summed E-state index contributed by atoms with van der Waals surface area (Å²) >= 11 is 0. The van der Waals surface area contributed by atoms with E-state index in [0.717, 1.165) is 29.7 Å². The average molecular weight is 405 g/mol. The summed E-state index contributed by atoms with van der Waals surface area (Å²) in [5.74, 6) is 0.526. The number of cyclic esters (lactones) is 1. The fourth-order valence-corrected chi connectivity index (χ4v) is 3.20. The topological polar surface area (TPSA) is 120 Å². The Morgan fingerprint density at radius 2 is 2.23 bits per heavy atom. The Morgan fingerprint density at radius 3 is 2.97 bits per heavy atom. The van der Waals surface area contributed by atoms with Gasteiger partial charge in [-0.05, 0) is 54.8 Å². The molecule has 0 atom stereocenters. The summed E-state index contributed by atoms with van der Waals surface area (Å²) in [5.41, 5.74) is 5.02. The van der Waals surface area contributed by atoms with Gasteiger partial charge in [0.1, 0.15) is 24.1 Å². The molecule has 8 nitrogen and oxygen atoms in total. The third-order valence-corrected chi connectivity index (χ3v) is 4.94. The zero-order valence-corrected chi connectivity index (χ0v) is 16.9. The van der Waals surface area contributed by atoms with Crippen molar-refractivity contribution in [2.24, 2.45) is 0 Å². The molecule has 1 aromatic carbocycles. The standard InChI is InChI=1S/C22H23N5O3/c1-14-16(3-5-18-19(14)13-30-22(18)28)7-8-25-11-15(9-23)12-26-20-6-4-17(10-24)21(27-20)29-2/h3-6,9,12,23,25H,7-8,11,13H2,1-2H3,(H,26,27)/b15-12+,23-9?. The molecule has 0 fully saturated rings. The number of nitriles is 1. The van der Waals surface area contributed by atoms with Gasteiger partial charge in [0.2, 0.25) is 5.88 Å². The zero-order valence-electron chi connectivity index (χ0n) is 16.9. The van der Waals surface area contributed by atoms with Gasteiger partial charge in [-0.2, -0.15) is 10.2 Å². The molecule has 3 rings (SSSR count). The van der Waals surface area contributed by atoms with Crippen molar-refractivity contribution in [3.8, 4) is 11.9 Å². The van der Waals surface area contributed by atoms with E-state index in [-0.39, 0.29) is 11.8 Å². The molecular formula is C22H23N5O3. The minimum atomic E-state index is -0.250. The van der Waals surface area contributed by atoms with E-state index in [1.165, 1.54) is 18.9 Å². The lowest BCUT2D eigenvalue weighted by atomic mass is 9.97. The lowest BCUT2D eigenvalue weighted by Crippen LogP contribution is -2.21. The van der Waals surface area contributed by atoms with Crippen LogP contribution in [-0.2, 0) is 17.8 Å². The van der Waals surface area contributed by atoms with E-state index in [0.29, 0.717) is 30.1 Å². The molecule has 0 unspecified atom stereocenters. The normalized spacial score (nSPS) is 12.7.